The Labute approximate surface area is 359 Å². The van der Waals surface area contributed by atoms with E-state index in [4.69, 9.17) is 24.8 Å². The molecule has 0 rings (SSSR count). The molecule has 0 saturated heterocycles. The summed E-state index contributed by atoms with van der Waals surface area (Å²) in [5, 5.41) is 8.89. The lowest BCUT2D eigenvalue weighted by Gasteiger charge is -2.20. The number of carboxylic acid groups (broad SMARTS) is 1. The highest BCUT2D eigenvalue weighted by Gasteiger charge is 2.28. The number of hydrogen-bond acceptors (Lipinski definition) is 9. The number of allylic oxidation sites excluding steroid dienone is 6. The fraction of sp³-hybridized carbons (Fsp3) is 0.809. The van der Waals surface area contributed by atoms with Crippen molar-refractivity contribution in [3.05, 3.63) is 36.5 Å². The number of hydrogen-bond donors (Lipinski definition) is 3. The average Bonchev–Trinajstić information content (AvgIpc) is 3.21. The SMILES string of the molecule is CCCCC/C=C/CCCCCCCC(=O)OC[C@@H](COP(=O)(O)OC[C@H](N)C(=O)O)OC(=O)CCC/C=C/CC/C=C/CCCCCCCCCCCCCCCC. The van der Waals surface area contributed by atoms with Crippen molar-refractivity contribution in [2.75, 3.05) is 19.8 Å². The summed E-state index contributed by atoms with van der Waals surface area (Å²) in [5.41, 5.74) is 5.33. The molecule has 4 N–H and O–H groups in total. The summed E-state index contributed by atoms with van der Waals surface area (Å²) in [5.74, 6) is -2.44. The fourth-order valence-corrected chi connectivity index (χ4v) is 7.15. The Balaban J connectivity index is 4.31. The lowest BCUT2D eigenvalue weighted by Crippen LogP contribution is -2.34. The monoisotopic (exact) mass is 856 g/mol. The molecule has 0 aliphatic carbocycles. The number of unbranched alkanes of at least 4 members (excludes halogenated alkanes) is 24. The molecular formula is C47H86NO10P. The van der Waals surface area contributed by atoms with Gasteiger partial charge in [-0.2, -0.15) is 0 Å². The predicted molar refractivity (Wildman–Crippen MR) is 240 cm³/mol. The van der Waals surface area contributed by atoms with Crippen LogP contribution in [0.3, 0.4) is 0 Å². The molecule has 0 amide bonds. The Bertz CT molecular complexity index is 1140. The van der Waals surface area contributed by atoms with Gasteiger partial charge in [0.2, 0.25) is 0 Å². The molecule has 0 fully saturated rings. The molecule has 0 radical (unpaired) electrons. The zero-order valence-corrected chi connectivity index (χ0v) is 38.2. The average molecular weight is 856 g/mol. The van der Waals surface area contributed by atoms with Gasteiger partial charge in [0.25, 0.3) is 0 Å². The van der Waals surface area contributed by atoms with Crippen molar-refractivity contribution < 1.29 is 47.5 Å². The number of carboxylic acids is 1. The number of phosphoric ester groups is 1. The second-order valence-corrected chi connectivity index (χ2v) is 17.3. The van der Waals surface area contributed by atoms with E-state index in [0.29, 0.717) is 19.3 Å². The molecule has 59 heavy (non-hydrogen) atoms. The van der Waals surface area contributed by atoms with Crippen molar-refractivity contribution in [1.82, 2.24) is 0 Å². The zero-order chi connectivity index (χ0) is 43.5. The summed E-state index contributed by atoms with van der Waals surface area (Å²) in [6.07, 6.45) is 46.6. The first kappa shape index (κ1) is 56.7. The Morgan fingerprint density at radius 1 is 0.508 bits per heavy atom. The molecule has 0 aromatic carbocycles. The van der Waals surface area contributed by atoms with Crippen LogP contribution in [-0.4, -0.2) is 59.9 Å². The van der Waals surface area contributed by atoms with Crippen molar-refractivity contribution in [2.45, 2.75) is 225 Å². The Kier molecular flexibility index (Phi) is 40.7. The quantitative estimate of drug-likeness (QED) is 0.0230. The van der Waals surface area contributed by atoms with E-state index >= 15 is 0 Å². The number of rotatable bonds is 44. The molecule has 0 spiro atoms. The molecule has 0 saturated carbocycles. The Hall–Kier alpha value is -2.30. The molecule has 0 aliphatic heterocycles. The van der Waals surface area contributed by atoms with Gasteiger partial charge in [0.1, 0.15) is 12.6 Å². The molecule has 0 bridgehead atoms. The highest BCUT2D eigenvalue weighted by Crippen LogP contribution is 2.43. The lowest BCUT2D eigenvalue weighted by atomic mass is 10.0. The van der Waals surface area contributed by atoms with Crippen molar-refractivity contribution in [3.63, 3.8) is 0 Å². The van der Waals surface area contributed by atoms with Crippen LogP contribution in [0.1, 0.15) is 213 Å². The van der Waals surface area contributed by atoms with Gasteiger partial charge in [-0.1, -0.05) is 166 Å². The first-order valence-electron chi connectivity index (χ1n) is 23.5. The number of nitrogens with two attached hydrogens (primary N) is 1. The number of aliphatic carboxylic acids is 1. The van der Waals surface area contributed by atoms with Crippen molar-refractivity contribution >= 4 is 25.7 Å². The Morgan fingerprint density at radius 2 is 0.881 bits per heavy atom. The van der Waals surface area contributed by atoms with Gasteiger partial charge in [0.15, 0.2) is 6.10 Å². The van der Waals surface area contributed by atoms with Crippen LogP contribution in [0.2, 0.25) is 0 Å². The zero-order valence-electron chi connectivity index (χ0n) is 37.3. The van der Waals surface area contributed by atoms with Crippen LogP contribution >= 0.6 is 7.82 Å². The predicted octanol–water partition coefficient (Wildman–Crippen LogP) is 12.8. The van der Waals surface area contributed by atoms with E-state index in [-0.39, 0.29) is 19.4 Å². The Morgan fingerprint density at radius 3 is 1.37 bits per heavy atom. The molecule has 0 aromatic rings. The van der Waals surface area contributed by atoms with Crippen LogP contribution in [0.4, 0.5) is 0 Å². The van der Waals surface area contributed by atoms with Gasteiger partial charge in [-0.3, -0.25) is 23.4 Å². The summed E-state index contributed by atoms with van der Waals surface area (Å²) in [4.78, 5) is 45.9. The summed E-state index contributed by atoms with van der Waals surface area (Å²) < 4.78 is 32.7. The minimum atomic E-state index is -4.73. The van der Waals surface area contributed by atoms with Crippen LogP contribution in [0.15, 0.2) is 36.5 Å². The topological polar surface area (TPSA) is 172 Å². The molecule has 0 aromatic heterocycles. The van der Waals surface area contributed by atoms with E-state index < -0.39 is 51.1 Å². The summed E-state index contributed by atoms with van der Waals surface area (Å²) in [6, 6.07) is -1.53. The van der Waals surface area contributed by atoms with E-state index in [9.17, 15) is 23.8 Å². The minimum absolute atomic E-state index is 0.100. The van der Waals surface area contributed by atoms with E-state index in [0.717, 1.165) is 57.8 Å². The van der Waals surface area contributed by atoms with Gasteiger partial charge in [0.05, 0.1) is 13.2 Å². The number of ether oxygens (including phenoxy) is 2. The van der Waals surface area contributed by atoms with Crippen LogP contribution < -0.4 is 5.73 Å². The van der Waals surface area contributed by atoms with Crippen LogP contribution in [-0.2, 0) is 37.5 Å². The summed E-state index contributed by atoms with van der Waals surface area (Å²) in [7, 11) is -4.73. The second kappa shape index (κ2) is 42.4. The number of esters is 2. The molecular weight excluding hydrogens is 769 g/mol. The maximum absolute atomic E-state index is 12.6. The third-order valence-electron chi connectivity index (χ3n) is 10.1. The molecule has 12 heteroatoms. The van der Waals surface area contributed by atoms with Gasteiger partial charge < -0.3 is 25.2 Å². The third kappa shape index (κ3) is 42.2. The van der Waals surface area contributed by atoms with Gasteiger partial charge in [-0.15, -0.1) is 0 Å². The van der Waals surface area contributed by atoms with E-state index in [1.165, 1.54) is 109 Å². The standard InChI is InChI=1S/C47H86NO10P/c1-3-5-7-9-11-13-15-17-18-19-20-21-22-23-24-25-26-27-29-31-33-35-37-39-46(50)58-43(41-56-59(53,54)57-42-44(48)47(51)52)40-55-45(49)38-36-34-32-30-28-16-14-12-10-8-6-4-2/h12,14,25-26,31,33,43-44H,3-11,13,15-24,27-30,32,34-42,48H2,1-2H3,(H,51,52)(H,53,54)/b14-12+,26-25+,33-31+/t43-,44-/m0/s1. The highest BCUT2D eigenvalue weighted by atomic mass is 31.2. The lowest BCUT2D eigenvalue weighted by molar-refractivity contribution is -0.161. The second-order valence-electron chi connectivity index (χ2n) is 15.9. The van der Waals surface area contributed by atoms with E-state index in [1.54, 1.807) is 0 Å². The molecule has 3 atom stereocenters. The van der Waals surface area contributed by atoms with Crippen molar-refractivity contribution in [1.29, 1.82) is 0 Å². The maximum Gasteiger partial charge on any atom is 0.472 e. The summed E-state index contributed by atoms with van der Waals surface area (Å²) >= 11 is 0. The van der Waals surface area contributed by atoms with Gasteiger partial charge in [0, 0.05) is 12.8 Å². The molecule has 0 aliphatic rings. The highest BCUT2D eigenvalue weighted by molar-refractivity contribution is 7.47. The molecule has 1 unspecified atom stereocenters. The number of carbonyl (C=O) groups is 3. The van der Waals surface area contributed by atoms with Crippen LogP contribution in [0.25, 0.3) is 0 Å². The number of phosphoric acid groups is 1. The van der Waals surface area contributed by atoms with Gasteiger partial charge in [-0.25, -0.2) is 4.57 Å². The third-order valence-corrected chi connectivity index (χ3v) is 11.0. The normalized spacial score (nSPS) is 14.0. The first-order chi connectivity index (χ1) is 28.6. The molecule has 11 nitrogen and oxygen atoms in total. The summed E-state index contributed by atoms with van der Waals surface area (Å²) in [6.45, 7) is 2.75. The maximum atomic E-state index is 12.6. The van der Waals surface area contributed by atoms with E-state index in [2.05, 4.69) is 48.8 Å². The smallest absolute Gasteiger partial charge is 0.472 e. The van der Waals surface area contributed by atoms with Crippen LogP contribution in [0.5, 0.6) is 0 Å². The number of carbonyl (C=O) groups excluding carboxylic acids is 2. The molecule has 0 heterocycles. The first-order valence-corrected chi connectivity index (χ1v) is 25.0. The van der Waals surface area contributed by atoms with Gasteiger partial charge in [-0.05, 0) is 70.6 Å². The van der Waals surface area contributed by atoms with Gasteiger partial charge >= 0.3 is 25.7 Å². The largest absolute Gasteiger partial charge is 0.480 e. The van der Waals surface area contributed by atoms with E-state index in [1.807, 2.05) is 6.08 Å². The minimum Gasteiger partial charge on any atom is -0.480 e. The van der Waals surface area contributed by atoms with Crippen molar-refractivity contribution in [2.24, 2.45) is 5.73 Å². The fourth-order valence-electron chi connectivity index (χ4n) is 6.37. The van der Waals surface area contributed by atoms with Crippen molar-refractivity contribution in [3.8, 4) is 0 Å². The van der Waals surface area contributed by atoms with Crippen LogP contribution in [0, 0.1) is 0 Å². The molecule has 344 valence electrons.